The molecule has 0 saturated heterocycles. The van der Waals surface area contributed by atoms with E-state index in [2.05, 4.69) is 10.6 Å². The van der Waals surface area contributed by atoms with Gasteiger partial charge in [-0.2, -0.15) is 0 Å². The minimum absolute atomic E-state index is 0.714. The maximum absolute atomic E-state index is 6.05. The number of nitrogens with zero attached hydrogens (tertiary/aromatic N) is 2. The van der Waals surface area contributed by atoms with E-state index < -0.39 is 0 Å². The smallest absolute Gasteiger partial charge is 0.145 e. The van der Waals surface area contributed by atoms with E-state index in [1.54, 1.807) is 7.11 Å². The standard InChI is InChI=1S/C20H15ClN2O/c1-24-17-6-4-5-14(13-17)20-22-18-7-2-3-8-19(18)23(20)16-11-9-15(21)10-12-16/h2-13H,1H3. The molecule has 0 aliphatic rings. The van der Waals surface area contributed by atoms with Gasteiger partial charge in [-0.05, 0) is 48.5 Å². The Kier molecular flexibility index (Phi) is 3.71. The van der Waals surface area contributed by atoms with Crippen LogP contribution in [0.5, 0.6) is 5.75 Å². The lowest BCUT2D eigenvalue weighted by atomic mass is 10.2. The molecule has 0 aliphatic heterocycles. The molecule has 0 saturated carbocycles. The second-order valence-corrected chi connectivity index (χ2v) is 5.90. The van der Waals surface area contributed by atoms with Crippen LogP contribution in [0.15, 0.2) is 72.8 Å². The molecule has 0 radical (unpaired) electrons. The molecule has 1 heterocycles. The first-order valence-corrected chi connectivity index (χ1v) is 8.02. The molecule has 4 aromatic rings. The minimum atomic E-state index is 0.714. The van der Waals surface area contributed by atoms with Crippen molar-refractivity contribution in [2.24, 2.45) is 0 Å². The number of rotatable bonds is 3. The highest BCUT2D eigenvalue weighted by atomic mass is 35.5. The summed E-state index contributed by atoms with van der Waals surface area (Å²) in [4.78, 5) is 4.83. The summed E-state index contributed by atoms with van der Waals surface area (Å²) in [6.07, 6.45) is 0. The maximum Gasteiger partial charge on any atom is 0.145 e. The van der Waals surface area contributed by atoms with Crippen molar-refractivity contribution in [1.82, 2.24) is 9.55 Å². The predicted molar refractivity (Wildman–Crippen MR) is 98.1 cm³/mol. The summed E-state index contributed by atoms with van der Waals surface area (Å²) in [7, 11) is 1.67. The fraction of sp³-hybridized carbons (Fsp3) is 0.0500. The van der Waals surface area contributed by atoms with Gasteiger partial charge < -0.3 is 4.74 Å². The third-order valence-corrected chi connectivity index (χ3v) is 4.23. The lowest BCUT2D eigenvalue weighted by Gasteiger charge is -2.10. The summed E-state index contributed by atoms with van der Waals surface area (Å²) in [6, 6.07) is 23.8. The lowest BCUT2D eigenvalue weighted by Crippen LogP contribution is -1.97. The molecular weight excluding hydrogens is 320 g/mol. The van der Waals surface area contributed by atoms with Crippen molar-refractivity contribution in [2.45, 2.75) is 0 Å². The molecule has 4 rings (SSSR count). The Morgan fingerprint density at radius 1 is 0.917 bits per heavy atom. The zero-order chi connectivity index (χ0) is 16.5. The summed E-state index contributed by atoms with van der Waals surface area (Å²) >= 11 is 6.05. The van der Waals surface area contributed by atoms with Crippen LogP contribution in [0.3, 0.4) is 0 Å². The largest absolute Gasteiger partial charge is 0.497 e. The summed E-state index contributed by atoms with van der Waals surface area (Å²) in [5.74, 6) is 1.68. The molecule has 0 unspecified atom stereocenters. The van der Waals surface area contributed by atoms with Gasteiger partial charge in [0.15, 0.2) is 0 Å². The number of benzene rings is 3. The first-order valence-electron chi connectivity index (χ1n) is 7.64. The van der Waals surface area contributed by atoms with Crippen molar-refractivity contribution >= 4 is 22.6 Å². The van der Waals surface area contributed by atoms with Gasteiger partial charge in [0.25, 0.3) is 0 Å². The monoisotopic (exact) mass is 334 g/mol. The van der Waals surface area contributed by atoms with Gasteiger partial charge in [0.2, 0.25) is 0 Å². The quantitative estimate of drug-likeness (QED) is 0.504. The molecular formula is C20H15ClN2O. The van der Waals surface area contributed by atoms with Crippen LogP contribution in [0.4, 0.5) is 0 Å². The number of aromatic nitrogens is 2. The van der Waals surface area contributed by atoms with Crippen molar-refractivity contribution in [3.05, 3.63) is 77.8 Å². The molecule has 4 heteroatoms. The van der Waals surface area contributed by atoms with E-state index in [-0.39, 0.29) is 0 Å². The van der Waals surface area contributed by atoms with Crippen LogP contribution in [0.25, 0.3) is 28.1 Å². The van der Waals surface area contributed by atoms with Gasteiger partial charge in [-0.3, -0.25) is 4.57 Å². The number of halogens is 1. The van der Waals surface area contributed by atoms with Gasteiger partial charge in [-0.25, -0.2) is 4.98 Å². The molecule has 24 heavy (non-hydrogen) atoms. The number of para-hydroxylation sites is 2. The second-order valence-electron chi connectivity index (χ2n) is 5.47. The molecule has 0 aliphatic carbocycles. The predicted octanol–water partition coefficient (Wildman–Crippen LogP) is 5.35. The van der Waals surface area contributed by atoms with Gasteiger partial charge in [0, 0.05) is 16.3 Å². The van der Waals surface area contributed by atoms with Crippen molar-refractivity contribution in [3.8, 4) is 22.8 Å². The van der Waals surface area contributed by atoms with Gasteiger partial charge in [-0.1, -0.05) is 35.9 Å². The van der Waals surface area contributed by atoms with Crippen molar-refractivity contribution in [3.63, 3.8) is 0 Å². The van der Waals surface area contributed by atoms with Crippen molar-refractivity contribution in [1.29, 1.82) is 0 Å². The summed E-state index contributed by atoms with van der Waals surface area (Å²) < 4.78 is 7.50. The van der Waals surface area contributed by atoms with Crippen molar-refractivity contribution in [2.75, 3.05) is 7.11 Å². The van der Waals surface area contributed by atoms with E-state index >= 15 is 0 Å². The Morgan fingerprint density at radius 3 is 2.50 bits per heavy atom. The molecule has 3 nitrogen and oxygen atoms in total. The number of hydrogen-bond acceptors (Lipinski definition) is 2. The van der Waals surface area contributed by atoms with Crippen LogP contribution in [0.2, 0.25) is 5.02 Å². The second kappa shape index (κ2) is 6.02. The Morgan fingerprint density at radius 2 is 1.71 bits per heavy atom. The molecule has 1 aromatic heterocycles. The number of ether oxygens (including phenoxy) is 1. The average molecular weight is 335 g/mol. The van der Waals surface area contributed by atoms with Crippen LogP contribution in [0, 0.1) is 0 Å². The van der Waals surface area contributed by atoms with E-state index in [0.717, 1.165) is 33.9 Å². The Labute approximate surface area is 145 Å². The average Bonchev–Trinajstić information content (AvgIpc) is 3.02. The first kappa shape index (κ1) is 14.8. The maximum atomic E-state index is 6.05. The molecule has 0 amide bonds. The fourth-order valence-corrected chi connectivity index (χ4v) is 2.96. The highest BCUT2D eigenvalue weighted by Crippen LogP contribution is 2.30. The van der Waals surface area contributed by atoms with E-state index in [1.807, 2.05) is 66.7 Å². The summed E-state index contributed by atoms with van der Waals surface area (Å²) in [6.45, 7) is 0. The Balaban J connectivity index is 2.01. The highest BCUT2D eigenvalue weighted by Gasteiger charge is 2.14. The number of fused-ring (bicyclic) bond motifs is 1. The lowest BCUT2D eigenvalue weighted by molar-refractivity contribution is 0.415. The number of imidazole rings is 1. The van der Waals surface area contributed by atoms with Gasteiger partial charge in [-0.15, -0.1) is 0 Å². The van der Waals surface area contributed by atoms with Crippen molar-refractivity contribution < 1.29 is 4.74 Å². The van der Waals surface area contributed by atoms with Gasteiger partial charge >= 0.3 is 0 Å². The van der Waals surface area contributed by atoms with E-state index in [4.69, 9.17) is 21.3 Å². The van der Waals surface area contributed by atoms with E-state index in [9.17, 15) is 0 Å². The fourth-order valence-electron chi connectivity index (χ4n) is 2.83. The Hall–Kier alpha value is -2.78. The van der Waals surface area contributed by atoms with Crippen LogP contribution in [-0.2, 0) is 0 Å². The van der Waals surface area contributed by atoms with Crippen LogP contribution in [0.1, 0.15) is 0 Å². The third kappa shape index (κ3) is 2.53. The molecule has 0 atom stereocenters. The van der Waals surface area contributed by atoms with E-state index in [0.29, 0.717) is 5.02 Å². The third-order valence-electron chi connectivity index (χ3n) is 3.97. The normalized spacial score (nSPS) is 10.9. The minimum Gasteiger partial charge on any atom is -0.497 e. The zero-order valence-electron chi connectivity index (χ0n) is 13.1. The first-order chi connectivity index (χ1) is 11.8. The Bertz CT molecular complexity index is 1010. The topological polar surface area (TPSA) is 27.1 Å². The summed E-state index contributed by atoms with van der Waals surface area (Å²) in [5.41, 5.74) is 4.02. The van der Waals surface area contributed by atoms with Crippen LogP contribution in [-0.4, -0.2) is 16.7 Å². The van der Waals surface area contributed by atoms with Gasteiger partial charge in [0.1, 0.15) is 11.6 Å². The molecule has 0 fully saturated rings. The molecule has 3 aromatic carbocycles. The molecule has 0 bridgehead atoms. The summed E-state index contributed by atoms with van der Waals surface area (Å²) in [5, 5.41) is 0.714. The molecule has 0 spiro atoms. The highest BCUT2D eigenvalue weighted by molar-refractivity contribution is 6.30. The van der Waals surface area contributed by atoms with Crippen LogP contribution < -0.4 is 4.74 Å². The van der Waals surface area contributed by atoms with Crippen LogP contribution >= 0.6 is 11.6 Å². The molecule has 0 N–H and O–H groups in total. The number of methoxy groups -OCH3 is 1. The zero-order valence-corrected chi connectivity index (χ0v) is 13.9. The SMILES string of the molecule is COc1cccc(-c2nc3ccccc3n2-c2ccc(Cl)cc2)c1. The van der Waals surface area contributed by atoms with Gasteiger partial charge in [0.05, 0.1) is 18.1 Å². The molecule has 118 valence electrons. The number of hydrogen-bond donors (Lipinski definition) is 0. The van der Waals surface area contributed by atoms with E-state index in [1.165, 1.54) is 0 Å².